The molecule has 1 heterocycles. The SMILES string of the molecule is CC(C)(C(=O)O)c1csc(-c2ccc(F)cc2)c1. The van der Waals surface area contributed by atoms with Crippen molar-refractivity contribution in [2.45, 2.75) is 19.3 Å². The molecule has 1 aromatic carbocycles. The van der Waals surface area contributed by atoms with Gasteiger partial charge in [0.25, 0.3) is 0 Å². The number of carbonyl (C=O) groups is 1. The fourth-order valence-corrected chi connectivity index (χ4v) is 2.64. The van der Waals surface area contributed by atoms with Crippen LogP contribution >= 0.6 is 11.3 Å². The number of benzene rings is 1. The Labute approximate surface area is 109 Å². The molecule has 1 N–H and O–H groups in total. The average molecular weight is 264 g/mol. The zero-order chi connectivity index (χ0) is 13.3. The van der Waals surface area contributed by atoms with Crippen LogP contribution in [0.4, 0.5) is 4.39 Å². The van der Waals surface area contributed by atoms with E-state index >= 15 is 0 Å². The van der Waals surface area contributed by atoms with Crippen LogP contribution in [0, 0.1) is 5.82 Å². The maximum Gasteiger partial charge on any atom is 0.313 e. The summed E-state index contributed by atoms with van der Waals surface area (Å²) in [5.74, 6) is -1.13. The van der Waals surface area contributed by atoms with Crippen LogP contribution in [0.3, 0.4) is 0 Å². The second-order valence-electron chi connectivity index (χ2n) is 4.64. The van der Waals surface area contributed by atoms with E-state index in [9.17, 15) is 9.18 Å². The molecule has 0 spiro atoms. The van der Waals surface area contributed by atoms with Crippen LogP contribution in [0.1, 0.15) is 19.4 Å². The van der Waals surface area contributed by atoms with Crippen molar-refractivity contribution in [3.05, 3.63) is 47.1 Å². The highest BCUT2D eigenvalue weighted by molar-refractivity contribution is 7.13. The number of thiophene rings is 1. The molecular formula is C14H13FO2S. The Hall–Kier alpha value is -1.68. The van der Waals surface area contributed by atoms with Gasteiger partial charge in [0.05, 0.1) is 5.41 Å². The molecule has 1 aromatic heterocycles. The van der Waals surface area contributed by atoms with Crippen LogP contribution < -0.4 is 0 Å². The molecule has 2 aromatic rings. The van der Waals surface area contributed by atoms with Gasteiger partial charge >= 0.3 is 5.97 Å². The highest BCUT2D eigenvalue weighted by atomic mass is 32.1. The molecule has 0 saturated carbocycles. The van der Waals surface area contributed by atoms with E-state index in [2.05, 4.69) is 0 Å². The molecule has 18 heavy (non-hydrogen) atoms. The Kier molecular flexibility index (Phi) is 3.22. The molecule has 0 aliphatic heterocycles. The Balaban J connectivity index is 2.37. The van der Waals surface area contributed by atoms with E-state index in [4.69, 9.17) is 5.11 Å². The molecule has 0 atom stereocenters. The lowest BCUT2D eigenvalue weighted by Crippen LogP contribution is -2.27. The largest absolute Gasteiger partial charge is 0.481 e. The van der Waals surface area contributed by atoms with Crippen molar-refractivity contribution in [2.75, 3.05) is 0 Å². The molecular weight excluding hydrogens is 251 g/mol. The lowest BCUT2D eigenvalue weighted by atomic mass is 9.86. The minimum Gasteiger partial charge on any atom is -0.481 e. The van der Waals surface area contributed by atoms with Crippen LogP contribution in [0.25, 0.3) is 10.4 Å². The van der Waals surface area contributed by atoms with E-state index in [0.29, 0.717) is 0 Å². The summed E-state index contributed by atoms with van der Waals surface area (Å²) in [5, 5.41) is 11.0. The van der Waals surface area contributed by atoms with E-state index in [1.807, 2.05) is 11.4 Å². The zero-order valence-electron chi connectivity index (χ0n) is 10.1. The van der Waals surface area contributed by atoms with Crippen molar-refractivity contribution >= 4 is 17.3 Å². The normalized spacial score (nSPS) is 11.5. The van der Waals surface area contributed by atoms with Gasteiger partial charge in [-0.3, -0.25) is 4.79 Å². The van der Waals surface area contributed by atoms with Crippen LogP contribution in [0.5, 0.6) is 0 Å². The quantitative estimate of drug-likeness (QED) is 0.912. The van der Waals surface area contributed by atoms with E-state index in [1.54, 1.807) is 26.0 Å². The summed E-state index contributed by atoms with van der Waals surface area (Å²) in [6, 6.07) is 8.04. The molecule has 0 saturated heterocycles. The number of carboxylic acid groups (broad SMARTS) is 1. The van der Waals surface area contributed by atoms with Gasteiger partial charge in [-0.25, -0.2) is 4.39 Å². The number of hydrogen-bond acceptors (Lipinski definition) is 2. The molecule has 0 radical (unpaired) electrons. The van der Waals surface area contributed by atoms with Crippen molar-refractivity contribution in [3.63, 3.8) is 0 Å². The van der Waals surface area contributed by atoms with Crippen molar-refractivity contribution in [3.8, 4) is 10.4 Å². The van der Waals surface area contributed by atoms with Gasteiger partial charge in [0, 0.05) is 4.88 Å². The van der Waals surface area contributed by atoms with Gasteiger partial charge in [-0.1, -0.05) is 12.1 Å². The van der Waals surface area contributed by atoms with Crippen LogP contribution in [-0.2, 0) is 10.2 Å². The number of carboxylic acids is 1. The minimum absolute atomic E-state index is 0.276. The second-order valence-corrected chi connectivity index (χ2v) is 5.55. The Bertz CT molecular complexity index is 570. The van der Waals surface area contributed by atoms with Gasteiger partial charge < -0.3 is 5.11 Å². The predicted octanol–water partition coefficient (Wildman–Crippen LogP) is 3.92. The Morgan fingerprint density at radius 2 is 1.89 bits per heavy atom. The Morgan fingerprint density at radius 1 is 1.28 bits per heavy atom. The lowest BCUT2D eigenvalue weighted by molar-refractivity contribution is -0.142. The maximum atomic E-state index is 12.8. The van der Waals surface area contributed by atoms with Crippen LogP contribution in [0.15, 0.2) is 35.7 Å². The molecule has 94 valence electrons. The van der Waals surface area contributed by atoms with Gasteiger partial charge in [-0.2, -0.15) is 0 Å². The lowest BCUT2D eigenvalue weighted by Gasteiger charge is -2.17. The van der Waals surface area contributed by atoms with Gasteiger partial charge in [-0.15, -0.1) is 11.3 Å². The minimum atomic E-state index is -0.908. The monoisotopic (exact) mass is 264 g/mol. The third-order valence-corrected chi connectivity index (χ3v) is 3.96. The van der Waals surface area contributed by atoms with Crippen LogP contribution in [-0.4, -0.2) is 11.1 Å². The van der Waals surface area contributed by atoms with Gasteiger partial charge in [0.15, 0.2) is 0 Å². The molecule has 2 rings (SSSR count). The van der Waals surface area contributed by atoms with Crippen molar-refractivity contribution in [1.82, 2.24) is 0 Å². The number of aliphatic carboxylic acids is 1. The zero-order valence-corrected chi connectivity index (χ0v) is 10.9. The first-order chi connectivity index (χ1) is 8.41. The third kappa shape index (κ3) is 2.29. The molecule has 0 aliphatic rings. The molecule has 0 bridgehead atoms. The molecule has 0 aliphatic carbocycles. The number of rotatable bonds is 3. The van der Waals surface area contributed by atoms with Gasteiger partial charge in [0.2, 0.25) is 0 Å². The van der Waals surface area contributed by atoms with E-state index in [0.717, 1.165) is 16.0 Å². The summed E-state index contributed by atoms with van der Waals surface area (Å²) in [6.45, 7) is 3.34. The maximum absolute atomic E-state index is 12.8. The summed E-state index contributed by atoms with van der Waals surface area (Å²) in [6.07, 6.45) is 0. The fourth-order valence-electron chi connectivity index (χ4n) is 1.55. The summed E-state index contributed by atoms with van der Waals surface area (Å²) in [5.41, 5.74) is 0.752. The molecule has 0 fully saturated rings. The van der Waals surface area contributed by atoms with Gasteiger partial charge in [0.1, 0.15) is 5.82 Å². The summed E-state index contributed by atoms with van der Waals surface area (Å²) >= 11 is 1.47. The Morgan fingerprint density at radius 3 is 2.44 bits per heavy atom. The topological polar surface area (TPSA) is 37.3 Å². The summed E-state index contributed by atoms with van der Waals surface area (Å²) in [7, 11) is 0. The summed E-state index contributed by atoms with van der Waals surface area (Å²) in [4.78, 5) is 12.1. The van der Waals surface area contributed by atoms with E-state index in [-0.39, 0.29) is 5.82 Å². The number of halogens is 1. The highest BCUT2D eigenvalue weighted by Gasteiger charge is 2.30. The second kappa shape index (κ2) is 4.53. The standard InChI is InChI=1S/C14H13FO2S/c1-14(2,13(16)17)10-7-12(18-8-10)9-3-5-11(15)6-4-9/h3-8H,1-2H3,(H,16,17). The fraction of sp³-hybridized carbons (Fsp3) is 0.214. The first kappa shape index (κ1) is 12.8. The first-order valence-electron chi connectivity index (χ1n) is 5.49. The molecule has 4 heteroatoms. The van der Waals surface area contributed by atoms with Crippen molar-refractivity contribution in [2.24, 2.45) is 0 Å². The average Bonchev–Trinajstić information content (AvgIpc) is 2.79. The highest BCUT2D eigenvalue weighted by Crippen LogP contribution is 2.33. The van der Waals surface area contributed by atoms with Crippen molar-refractivity contribution in [1.29, 1.82) is 0 Å². The van der Waals surface area contributed by atoms with Gasteiger partial charge in [-0.05, 0) is 48.6 Å². The number of hydrogen-bond donors (Lipinski definition) is 1. The van der Waals surface area contributed by atoms with Crippen LogP contribution in [0.2, 0.25) is 0 Å². The first-order valence-corrected chi connectivity index (χ1v) is 6.37. The molecule has 0 unspecified atom stereocenters. The third-order valence-electron chi connectivity index (χ3n) is 2.98. The van der Waals surface area contributed by atoms with Crippen molar-refractivity contribution < 1.29 is 14.3 Å². The molecule has 2 nitrogen and oxygen atoms in total. The predicted molar refractivity (Wildman–Crippen MR) is 70.4 cm³/mol. The summed E-state index contributed by atoms with van der Waals surface area (Å²) < 4.78 is 12.8. The van der Waals surface area contributed by atoms with E-state index < -0.39 is 11.4 Å². The smallest absolute Gasteiger partial charge is 0.313 e. The molecule has 0 amide bonds. The van der Waals surface area contributed by atoms with E-state index in [1.165, 1.54) is 23.5 Å².